The van der Waals surface area contributed by atoms with Gasteiger partial charge in [0.05, 0.1) is 40.5 Å². The zero-order valence-corrected chi connectivity index (χ0v) is 17.4. The minimum Gasteiger partial charge on any atom is -0.352 e. The number of fused-ring (bicyclic) bond motifs is 2. The van der Waals surface area contributed by atoms with Crippen molar-refractivity contribution in [2.24, 2.45) is 5.41 Å². The van der Waals surface area contributed by atoms with Gasteiger partial charge in [0.1, 0.15) is 11.2 Å². The maximum atomic E-state index is 12.3. The molecule has 5 aromatic heterocycles. The van der Waals surface area contributed by atoms with Gasteiger partial charge in [-0.25, -0.2) is 4.98 Å². The molecule has 154 valence electrons. The van der Waals surface area contributed by atoms with Gasteiger partial charge in [0.15, 0.2) is 0 Å². The lowest BCUT2D eigenvalue weighted by Gasteiger charge is -2.17. The van der Waals surface area contributed by atoms with Crippen molar-refractivity contribution in [1.29, 1.82) is 0 Å². The van der Waals surface area contributed by atoms with E-state index in [4.69, 9.17) is 4.98 Å². The molecular formula is C23H21N7O. The Hall–Kier alpha value is -4.07. The molecule has 5 heterocycles. The third-order valence-electron chi connectivity index (χ3n) is 5.06. The summed E-state index contributed by atoms with van der Waals surface area (Å²) in [6.45, 7) is 5.61. The first-order valence-electron chi connectivity index (χ1n) is 9.93. The normalized spacial score (nSPS) is 11.8. The van der Waals surface area contributed by atoms with Gasteiger partial charge >= 0.3 is 0 Å². The Balaban J connectivity index is 1.54. The van der Waals surface area contributed by atoms with Crippen molar-refractivity contribution in [3.8, 4) is 22.6 Å². The number of H-pyrrole nitrogens is 2. The monoisotopic (exact) mass is 411 g/mol. The number of hydrogen-bond acceptors (Lipinski definition) is 5. The van der Waals surface area contributed by atoms with E-state index in [0.29, 0.717) is 5.69 Å². The van der Waals surface area contributed by atoms with E-state index >= 15 is 0 Å². The molecule has 0 radical (unpaired) electrons. The van der Waals surface area contributed by atoms with Crippen molar-refractivity contribution in [3.05, 3.63) is 55.1 Å². The summed E-state index contributed by atoms with van der Waals surface area (Å²) in [6.07, 6.45) is 6.91. The quantitative estimate of drug-likeness (QED) is 0.403. The van der Waals surface area contributed by atoms with Gasteiger partial charge in [0.2, 0.25) is 5.91 Å². The lowest BCUT2D eigenvalue weighted by Crippen LogP contribution is -2.27. The molecule has 8 heteroatoms. The second kappa shape index (κ2) is 7.02. The van der Waals surface area contributed by atoms with Crippen LogP contribution in [0.5, 0.6) is 0 Å². The minimum absolute atomic E-state index is 0.0692. The number of nitrogens with one attached hydrogen (secondary N) is 3. The predicted octanol–water partition coefficient (Wildman–Crippen LogP) is 4.55. The fraction of sp³-hybridized carbons (Fsp3) is 0.174. The molecular weight excluding hydrogens is 390 g/mol. The molecule has 5 rings (SSSR count). The minimum atomic E-state index is -0.492. The SMILES string of the molecule is CC(C)(C)C(=O)Nc1cncc(-c2ccc3[nH]nc(-c4cc5ccncc5[nH]4)c3n2)c1. The van der Waals surface area contributed by atoms with Crippen LogP contribution in [0.25, 0.3) is 44.6 Å². The lowest BCUT2D eigenvalue weighted by molar-refractivity contribution is -0.123. The fourth-order valence-corrected chi connectivity index (χ4v) is 3.31. The second-order valence-corrected chi connectivity index (χ2v) is 8.48. The number of carbonyl (C=O) groups is 1. The summed E-state index contributed by atoms with van der Waals surface area (Å²) in [5, 5.41) is 11.5. The molecule has 0 aliphatic carbocycles. The molecule has 8 nitrogen and oxygen atoms in total. The molecule has 0 unspecified atom stereocenters. The Morgan fingerprint density at radius 3 is 2.68 bits per heavy atom. The molecule has 0 saturated heterocycles. The number of amides is 1. The Morgan fingerprint density at radius 1 is 1.00 bits per heavy atom. The van der Waals surface area contributed by atoms with Crippen LogP contribution in [0.1, 0.15) is 20.8 Å². The third kappa shape index (κ3) is 3.52. The number of rotatable bonds is 3. The second-order valence-electron chi connectivity index (χ2n) is 8.48. The summed E-state index contributed by atoms with van der Waals surface area (Å²) < 4.78 is 0. The smallest absolute Gasteiger partial charge is 0.229 e. The highest BCUT2D eigenvalue weighted by Crippen LogP contribution is 2.30. The number of nitrogens with zero attached hydrogens (tertiary/aromatic N) is 4. The molecule has 0 saturated carbocycles. The van der Waals surface area contributed by atoms with Gasteiger partial charge in [-0.1, -0.05) is 20.8 Å². The van der Waals surface area contributed by atoms with Crippen molar-refractivity contribution >= 4 is 33.5 Å². The van der Waals surface area contributed by atoms with E-state index in [9.17, 15) is 4.79 Å². The summed E-state index contributed by atoms with van der Waals surface area (Å²) in [6, 6.07) is 9.71. The van der Waals surface area contributed by atoms with Crippen molar-refractivity contribution in [2.45, 2.75) is 20.8 Å². The fourth-order valence-electron chi connectivity index (χ4n) is 3.31. The summed E-state index contributed by atoms with van der Waals surface area (Å²) in [5.41, 5.74) is 5.82. The number of carbonyl (C=O) groups excluding carboxylic acids is 1. The zero-order valence-electron chi connectivity index (χ0n) is 17.4. The number of aromatic nitrogens is 6. The van der Waals surface area contributed by atoms with Crippen LogP contribution in [-0.2, 0) is 4.79 Å². The van der Waals surface area contributed by atoms with Crippen LogP contribution < -0.4 is 5.32 Å². The van der Waals surface area contributed by atoms with Crippen LogP contribution in [0.2, 0.25) is 0 Å². The van der Waals surface area contributed by atoms with Gasteiger partial charge in [-0.05, 0) is 30.3 Å². The number of aromatic amines is 2. The van der Waals surface area contributed by atoms with Crippen molar-refractivity contribution < 1.29 is 4.79 Å². The summed E-state index contributed by atoms with van der Waals surface area (Å²) in [5.74, 6) is -0.0692. The average Bonchev–Trinajstić information content (AvgIpc) is 3.36. The van der Waals surface area contributed by atoms with Crippen LogP contribution in [0.3, 0.4) is 0 Å². The average molecular weight is 411 g/mol. The number of hydrogen-bond donors (Lipinski definition) is 3. The maximum absolute atomic E-state index is 12.3. The van der Waals surface area contributed by atoms with E-state index in [1.54, 1.807) is 24.8 Å². The first kappa shape index (κ1) is 18.9. The molecule has 31 heavy (non-hydrogen) atoms. The molecule has 3 N–H and O–H groups in total. The van der Waals surface area contributed by atoms with E-state index in [1.165, 1.54) is 0 Å². The van der Waals surface area contributed by atoms with Gasteiger partial charge in [-0.2, -0.15) is 5.10 Å². The standard InChI is InChI=1S/C23H21N7O/c1-23(2,3)22(31)26-15-8-14(10-25-11-15)16-4-5-17-20(28-16)21(30-29-17)18-9-13-6-7-24-12-19(13)27-18/h4-12,27H,1-3H3,(H,26,31)(H,29,30). The largest absolute Gasteiger partial charge is 0.352 e. The van der Waals surface area contributed by atoms with Crippen LogP contribution >= 0.6 is 0 Å². The lowest BCUT2D eigenvalue weighted by atomic mass is 9.95. The molecule has 5 aromatic rings. The van der Waals surface area contributed by atoms with Gasteiger partial charge in [0.25, 0.3) is 0 Å². The van der Waals surface area contributed by atoms with Crippen molar-refractivity contribution in [3.63, 3.8) is 0 Å². The van der Waals surface area contributed by atoms with Crippen LogP contribution in [0, 0.1) is 5.41 Å². The van der Waals surface area contributed by atoms with E-state index in [1.807, 2.05) is 51.1 Å². The first-order chi connectivity index (χ1) is 14.9. The molecule has 0 spiro atoms. The molecule has 0 aliphatic heterocycles. The van der Waals surface area contributed by atoms with Crippen LogP contribution in [-0.4, -0.2) is 36.0 Å². The summed E-state index contributed by atoms with van der Waals surface area (Å²) in [7, 11) is 0. The molecule has 0 aromatic carbocycles. The first-order valence-corrected chi connectivity index (χ1v) is 9.93. The Morgan fingerprint density at radius 2 is 1.87 bits per heavy atom. The van der Waals surface area contributed by atoms with E-state index in [0.717, 1.165) is 44.6 Å². The van der Waals surface area contributed by atoms with Gasteiger partial charge in [-0.15, -0.1) is 0 Å². The van der Waals surface area contributed by atoms with E-state index in [2.05, 4.69) is 30.5 Å². The van der Waals surface area contributed by atoms with Gasteiger partial charge in [-0.3, -0.25) is 19.9 Å². The van der Waals surface area contributed by atoms with E-state index in [-0.39, 0.29) is 5.91 Å². The Kier molecular flexibility index (Phi) is 4.28. The highest BCUT2D eigenvalue weighted by Gasteiger charge is 2.21. The maximum Gasteiger partial charge on any atom is 0.229 e. The molecule has 0 bridgehead atoms. The number of anilines is 1. The summed E-state index contributed by atoms with van der Waals surface area (Å²) >= 11 is 0. The predicted molar refractivity (Wildman–Crippen MR) is 120 cm³/mol. The third-order valence-corrected chi connectivity index (χ3v) is 5.06. The van der Waals surface area contributed by atoms with Crippen molar-refractivity contribution in [2.75, 3.05) is 5.32 Å². The van der Waals surface area contributed by atoms with Gasteiger partial charge in [0, 0.05) is 28.8 Å². The topological polar surface area (TPSA) is 112 Å². The molecule has 0 atom stereocenters. The van der Waals surface area contributed by atoms with E-state index < -0.39 is 5.41 Å². The van der Waals surface area contributed by atoms with Crippen molar-refractivity contribution in [1.82, 2.24) is 30.1 Å². The van der Waals surface area contributed by atoms with Gasteiger partial charge < -0.3 is 10.3 Å². The zero-order chi connectivity index (χ0) is 21.6. The van der Waals surface area contributed by atoms with Crippen LogP contribution in [0.4, 0.5) is 5.69 Å². The van der Waals surface area contributed by atoms with Crippen LogP contribution in [0.15, 0.2) is 55.1 Å². The highest BCUT2D eigenvalue weighted by molar-refractivity contribution is 5.96. The Labute approximate surface area is 178 Å². The Bertz CT molecular complexity index is 1390. The molecule has 0 aliphatic rings. The number of pyridine rings is 3. The molecule has 1 amide bonds. The molecule has 0 fully saturated rings. The summed E-state index contributed by atoms with van der Waals surface area (Å²) in [4.78, 5) is 28.9. The highest BCUT2D eigenvalue weighted by atomic mass is 16.2.